The van der Waals surface area contributed by atoms with Crippen LogP contribution in [-0.4, -0.2) is 36.3 Å². The van der Waals surface area contributed by atoms with Crippen LogP contribution in [0, 0.1) is 0 Å². The van der Waals surface area contributed by atoms with Crippen LogP contribution in [0.4, 0.5) is 0 Å². The first kappa shape index (κ1) is 14.8. The average molecular weight is 278 g/mol. The second kappa shape index (κ2) is 4.75. The van der Waals surface area contributed by atoms with Gasteiger partial charge in [0.25, 0.3) is 5.91 Å². The normalized spacial score (nSPS) is 19.9. The van der Waals surface area contributed by atoms with Crippen LogP contribution >= 0.6 is 0 Å². The fraction of sp³-hybridized carbons (Fsp3) is 0.538. The first-order chi connectivity index (χ1) is 9.19. The zero-order valence-corrected chi connectivity index (χ0v) is 12.4. The Hall–Kier alpha value is -1.60. The number of rotatable bonds is 2. The molecule has 0 atom stereocenters. The molecule has 1 aromatic heterocycles. The van der Waals surface area contributed by atoms with Gasteiger partial charge in [0.1, 0.15) is 5.69 Å². The van der Waals surface area contributed by atoms with Crippen molar-refractivity contribution in [2.45, 2.75) is 38.9 Å². The minimum Gasteiger partial charge on any atom is -0.399 e. The molecule has 6 nitrogen and oxygen atoms in total. The summed E-state index contributed by atoms with van der Waals surface area (Å²) >= 11 is 0. The lowest BCUT2D eigenvalue weighted by atomic mass is 9.77. The molecule has 1 aliphatic heterocycles. The van der Waals surface area contributed by atoms with Gasteiger partial charge in [0.2, 0.25) is 0 Å². The molecule has 0 aliphatic carbocycles. The summed E-state index contributed by atoms with van der Waals surface area (Å²) in [6.45, 7) is 7.57. The van der Waals surface area contributed by atoms with Crippen molar-refractivity contribution < 1.29 is 14.1 Å². The number of pyridine rings is 1. The number of carbonyl (C=O) groups is 1. The summed E-state index contributed by atoms with van der Waals surface area (Å²) in [6.07, 6.45) is 1.43. The fourth-order valence-corrected chi connectivity index (χ4v) is 2.00. The summed E-state index contributed by atoms with van der Waals surface area (Å²) in [5.74, 6) is -0.382. The van der Waals surface area contributed by atoms with Crippen molar-refractivity contribution in [3.63, 3.8) is 0 Å². The monoisotopic (exact) mass is 278 g/mol. The highest BCUT2D eigenvalue weighted by molar-refractivity contribution is 6.63. The third-order valence-electron chi connectivity index (χ3n) is 3.94. The van der Waals surface area contributed by atoms with E-state index >= 15 is 0 Å². The first-order valence-electron chi connectivity index (χ1n) is 6.49. The lowest BCUT2D eigenvalue weighted by molar-refractivity contribution is 0.00578. The molecule has 20 heavy (non-hydrogen) atoms. The zero-order valence-electron chi connectivity index (χ0n) is 12.4. The van der Waals surface area contributed by atoms with Crippen molar-refractivity contribution in [3.05, 3.63) is 28.2 Å². The van der Waals surface area contributed by atoms with Crippen molar-refractivity contribution >= 4 is 18.5 Å². The molecule has 1 fully saturated rings. The molecule has 108 valence electrons. The number of hydrogen-bond donors (Lipinski definition) is 2. The van der Waals surface area contributed by atoms with Crippen LogP contribution in [-0.2, 0) is 9.31 Å². The smallest absolute Gasteiger partial charge is 0.399 e. The molecule has 0 unspecified atom stereocenters. The molecule has 0 saturated carbocycles. The van der Waals surface area contributed by atoms with Crippen LogP contribution in [0.3, 0.4) is 0 Å². The highest BCUT2D eigenvalue weighted by Gasteiger charge is 2.53. The average Bonchev–Trinajstić information content (AvgIpc) is 2.56. The Labute approximate surface area is 118 Å². The van der Waals surface area contributed by atoms with Gasteiger partial charge in [0.15, 0.2) is 5.43 Å². The van der Waals surface area contributed by atoms with Crippen molar-refractivity contribution in [1.82, 2.24) is 10.3 Å². The van der Waals surface area contributed by atoms with E-state index in [1.807, 2.05) is 27.7 Å². The maximum Gasteiger partial charge on any atom is 0.501 e. The SMILES string of the molecule is CNC(=O)c1[nH]ccc(=O)c1B1OC(C)(C)C(C)(C)O1. The van der Waals surface area contributed by atoms with Crippen LogP contribution in [0.2, 0.25) is 0 Å². The van der Waals surface area contributed by atoms with Gasteiger partial charge in [-0.1, -0.05) is 0 Å². The van der Waals surface area contributed by atoms with Crippen molar-refractivity contribution in [2.75, 3.05) is 7.05 Å². The molecule has 2 heterocycles. The van der Waals surface area contributed by atoms with Crippen LogP contribution in [0.5, 0.6) is 0 Å². The van der Waals surface area contributed by atoms with Gasteiger partial charge in [0.05, 0.1) is 16.7 Å². The van der Waals surface area contributed by atoms with Crippen LogP contribution in [0.1, 0.15) is 38.2 Å². The van der Waals surface area contributed by atoms with Crippen molar-refractivity contribution in [3.8, 4) is 0 Å². The van der Waals surface area contributed by atoms with E-state index in [9.17, 15) is 9.59 Å². The number of nitrogens with one attached hydrogen (secondary N) is 2. The lowest BCUT2D eigenvalue weighted by Crippen LogP contribution is -2.48. The largest absolute Gasteiger partial charge is 0.501 e. The first-order valence-corrected chi connectivity index (χ1v) is 6.49. The topological polar surface area (TPSA) is 80.4 Å². The molecule has 1 aromatic rings. The van der Waals surface area contributed by atoms with Gasteiger partial charge in [0, 0.05) is 19.3 Å². The quantitative estimate of drug-likeness (QED) is 0.748. The number of aromatic amines is 1. The molecule has 0 spiro atoms. The van der Waals surface area contributed by atoms with E-state index in [4.69, 9.17) is 9.31 Å². The molecular weight excluding hydrogens is 259 g/mol. The van der Waals surface area contributed by atoms with Crippen molar-refractivity contribution in [1.29, 1.82) is 0 Å². The Kier molecular flexibility index (Phi) is 3.52. The van der Waals surface area contributed by atoms with Gasteiger partial charge in [-0.15, -0.1) is 0 Å². The van der Waals surface area contributed by atoms with Crippen molar-refractivity contribution in [2.24, 2.45) is 0 Å². The van der Waals surface area contributed by atoms with E-state index in [2.05, 4.69) is 10.3 Å². The van der Waals surface area contributed by atoms with Crippen LogP contribution in [0.15, 0.2) is 17.1 Å². The summed E-state index contributed by atoms with van der Waals surface area (Å²) in [4.78, 5) is 26.8. The number of carbonyl (C=O) groups excluding carboxylic acids is 1. The molecule has 2 N–H and O–H groups in total. The lowest BCUT2D eigenvalue weighted by Gasteiger charge is -2.32. The van der Waals surface area contributed by atoms with E-state index < -0.39 is 18.3 Å². The molecule has 1 aliphatic rings. The summed E-state index contributed by atoms with van der Waals surface area (Å²) in [7, 11) is 0.638. The summed E-state index contributed by atoms with van der Waals surface area (Å²) in [5, 5.41) is 2.49. The molecule has 0 radical (unpaired) electrons. The maximum absolute atomic E-state index is 12.1. The minimum atomic E-state index is -0.864. The van der Waals surface area contributed by atoms with E-state index in [0.29, 0.717) is 0 Å². The second-order valence-electron chi connectivity index (χ2n) is 5.80. The maximum atomic E-state index is 12.1. The summed E-state index contributed by atoms with van der Waals surface area (Å²) in [5.41, 5.74) is -1.07. The van der Waals surface area contributed by atoms with E-state index in [1.54, 1.807) is 0 Å². The van der Waals surface area contributed by atoms with E-state index in [0.717, 1.165) is 0 Å². The Balaban J connectivity index is 2.50. The number of hydrogen-bond acceptors (Lipinski definition) is 4. The molecule has 0 aromatic carbocycles. The Morgan fingerprint density at radius 2 is 1.80 bits per heavy atom. The third-order valence-corrected chi connectivity index (χ3v) is 3.94. The fourth-order valence-electron chi connectivity index (χ4n) is 2.00. The molecule has 2 rings (SSSR count). The predicted octanol–water partition coefficient (Wildman–Crippen LogP) is 0.0337. The van der Waals surface area contributed by atoms with Gasteiger partial charge >= 0.3 is 7.12 Å². The molecule has 1 amide bonds. The van der Waals surface area contributed by atoms with Gasteiger partial charge in [-0.2, -0.15) is 0 Å². The van der Waals surface area contributed by atoms with Gasteiger partial charge < -0.3 is 19.6 Å². The Morgan fingerprint density at radius 3 is 2.30 bits per heavy atom. The summed E-state index contributed by atoms with van der Waals surface area (Å²) < 4.78 is 11.7. The number of H-pyrrole nitrogens is 1. The predicted molar refractivity (Wildman–Crippen MR) is 76.2 cm³/mol. The Morgan fingerprint density at radius 1 is 1.25 bits per heavy atom. The molecule has 1 saturated heterocycles. The standard InChI is InChI=1S/C13H19BN2O4/c1-12(2)13(3,4)20-14(19-12)9-8(17)6-7-16-10(9)11(18)15-5/h6-7H,1-5H3,(H,15,18)(H,16,17). The molecule has 7 heteroatoms. The van der Waals surface area contributed by atoms with Crippen LogP contribution < -0.4 is 16.2 Å². The molecular formula is C13H19BN2O4. The zero-order chi connectivity index (χ0) is 15.1. The van der Waals surface area contributed by atoms with E-state index in [-0.39, 0.29) is 22.5 Å². The minimum absolute atomic E-state index is 0.165. The number of amides is 1. The van der Waals surface area contributed by atoms with Crippen LogP contribution in [0.25, 0.3) is 0 Å². The van der Waals surface area contributed by atoms with Gasteiger partial charge in [-0.25, -0.2) is 0 Å². The summed E-state index contributed by atoms with van der Waals surface area (Å²) in [6, 6.07) is 1.35. The second-order valence-corrected chi connectivity index (χ2v) is 5.80. The Bertz CT molecular complexity index is 578. The van der Waals surface area contributed by atoms with Gasteiger partial charge in [-0.3, -0.25) is 9.59 Å². The highest BCUT2D eigenvalue weighted by Crippen LogP contribution is 2.36. The van der Waals surface area contributed by atoms with Gasteiger partial charge in [-0.05, 0) is 27.7 Å². The third kappa shape index (κ3) is 2.27. The number of aromatic nitrogens is 1. The highest BCUT2D eigenvalue weighted by atomic mass is 16.7. The molecule has 0 bridgehead atoms. The van der Waals surface area contributed by atoms with E-state index in [1.165, 1.54) is 19.3 Å².